The Labute approximate surface area is 324 Å². The number of halogens is 1. The quantitative estimate of drug-likeness (QED) is 0.128. The summed E-state index contributed by atoms with van der Waals surface area (Å²) in [5.41, 5.74) is 7.19. The Kier molecular flexibility index (Phi) is 10.00. The van der Waals surface area contributed by atoms with Crippen molar-refractivity contribution in [1.29, 1.82) is 0 Å². The Morgan fingerprint density at radius 2 is 1.37 bits per heavy atom. The average Bonchev–Trinajstić information content (AvgIpc) is 3.18. The highest BCUT2D eigenvalue weighted by Gasteiger charge is 2.35. The molecule has 0 fully saturated rings. The molecule has 0 saturated heterocycles. The summed E-state index contributed by atoms with van der Waals surface area (Å²) in [5.74, 6) is 3.97. The van der Waals surface area contributed by atoms with E-state index < -0.39 is 5.97 Å². The van der Waals surface area contributed by atoms with Crippen LogP contribution in [0.2, 0.25) is 0 Å². The van der Waals surface area contributed by atoms with E-state index in [1.165, 1.54) is 11.1 Å². The van der Waals surface area contributed by atoms with Gasteiger partial charge in [0.15, 0.2) is 34.5 Å². The molecule has 6 bridgehead atoms. The number of fused-ring (bicyclic) bond motifs is 2. The number of methoxy groups -OCH3 is 3. The lowest BCUT2D eigenvalue weighted by Gasteiger charge is -2.37. The highest BCUT2D eigenvalue weighted by Crippen LogP contribution is 2.52. The number of nitrogens with zero attached hydrogens (tertiary/aromatic N) is 2. The summed E-state index contributed by atoms with van der Waals surface area (Å²) in [6, 6.07) is 27.5. The summed E-state index contributed by atoms with van der Waals surface area (Å²) in [4.78, 5) is 18.2. The number of carbonyl (C=O) groups excluding carboxylic acids is 1. The van der Waals surface area contributed by atoms with Gasteiger partial charge in [0.2, 0.25) is 5.75 Å². The van der Waals surface area contributed by atoms with Gasteiger partial charge in [-0.1, -0.05) is 30.3 Å². The van der Waals surface area contributed by atoms with Crippen LogP contribution < -0.4 is 28.4 Å². The van der Waals surface area contributed by atoms with Crippen molar-refractivity contribution < 1.29 is 33.2 Å². The van der Waals surface area contributed by atoms with E-state index in [4.69, 9.17) is 28.4 Å². The van der Waals surface area contributed by atoms with Gasteiger partial charge in [0.05, 0.1) is 26.9 Å². The minimum atomic E-state index is -0.483. The van der Waals surface area contributed by atoms with Crippen LogP contribution in [0.15, 0.2) is 89.4 Å². The topological polar surface area (TPSA) is 78.9 Å². The van der Waals surface area contributed by atoms with Crippen molar-refractivity contribution in [2.45, 2.75) is 37.8 Å². The molecule has 0 aromatic heterocycles. The standard InChI is InChI=1S/C44H43BrN2O7/c1-46-18-16-28-23-37(49-3)39-25-32(28)34(46)20-26-10-13-30(14-11-26)52-38-22-27(12-15-36(38)54-44(48)31-8-6-7-9-33(31)45)21-35-41-29(17-19-47(35)2)24-40(50-4)42(51-5)43(41)53-39/h6-15,22-25,34-35H,16-21H2,1-5H3/t34-,35+/m0/s1. The second-order valence-corrected chi connectivity index (χ2v) is 15.0. The van der Waals surface area contributed by atoms with Crippen LogP contribution >= 0.6 is 15.9 Å². The smallest absolute Gasteiger partial charge is 0.344 e. The van der Waals surface area contributed by atoms with Crippen molar-refractivity contribution in [1.82, 2.24) is 9.80 Å². The highest BCUT2D eigenvalue weighted by atomic mass is 79.9. The van der Waals surface area contributed by atoms with Gasteiger partial charge in [-0.2, -0.15) is 0 Å². The number of hydrogen-bond donors (Lipinski definition) is 0. The van der Waals surface area contributed by atoms with Crippen LogP contribution in [0.1, 0.15) is 55.8 Å². The van der Waals surface area contributed by atoms with E-state index in [0.717, 1.165) is 54.6 Å². The van der Waals surface area contributed by atoms with Gasteiger partial charge >= 0.3 is 5.97 Å². The van der Waals surface area contributed by atoms with E-state index in [0.29, 0.717) is 62.5 Å². The van der Waals surface area contributed by atoms with E-state index in [1.807, 2.05) is 48.5 Å². The maximum absolute atomic E-state index is 13.4. The fourth-order valence-electron chi connectivity index (χ4n) is 7.97. The molecule has 0 radical (unpaired) electrons. The van der Waals surface area contributed by atoms with Crippen LogP contribution in [0.5, 0.6) is 46.0 Å². The number of esters is 1. The van der Waals surface area contributed by atoms with Gasteiger partial charge in [0.25, 0.3) is 0 Å². The molecule has 54 heavy (non-hydrogen) atoms. The number of benzene rings is 5. The Bertz CT molecular complexity index is 2220. The molecule has 9 nitrogen and oxygen atoms in total. The predicted octanol–water partition coefficient (Wildman–Crippen LogP) is 9.14. The number of carbonyl (C=O) groups is 1. The average molecular weight is 792 g/mol. The normalized spacial score (nSPS) is 18.0. The van der Waals surface area contributed by atoms with Crippen molar-refractivity contribution >= 4 is 21.9 Å². The van der Waals surface area contributed by atoms with E-state index in [-0.39, 0.29) is 12.1 Å². The van der Waals surface area contributed by atoms with Gasteiger partial charge < -0.3 is 28.4 Å². The van der Waals surface area contributed by atoms with Crippen LogP contribution in [-0.2, 0) is 25.7 Å². The fourth-order valence-corrected chi connectivity index (χ4v) is 8.42. The summed E-state index contributed by atoms with van der Waals surface area (Å²) in [5, 5.41) is 0. The Balaban J connectivity index is 1.30. The third kappa shape index (κ3) is 6.78. The van der Waals surface area contributed by atoms with Gasteiger partial charge in [0.1, 0.15) is 5.75 Å². The van der Waals surface area contributed by atoms with Crippen molar-refractivity contribution in [3.8, 4) is 46.0 Å². The third-order valence-corrected chi connectivity index (χ3v) is 11.6. The molecular weight excluding hydrogens is 748 g/mol. The van der Waals surface area contributed by atoms with Gasteiger partial charge in [-0.25, -0.2) is 4.79 Å². The van der Waals surface area contributed by atoms with Crippen molar-refractivity contribution in [2.24, 2.45) is 0 Å². The SMILES string of the molecule is COc1cc2c3cc1Oc1c(OC)c(OC)cc4c1[C@@H](Cc1ccc(OC(=O)c5ccccc5Br)c(c1)Oc1ccc(cc1)C[C@@H]3N(C)CC2)N(C)CC4. The zero-order chi connectivity index (χ0) is 37.5. The molecule has 278 valence electrons. The van der Waals surface area contributed by atoms with Crippen LogP contribution in [-0.4, -0.2) is 64.3 Å². The molecule has 0 saturated carbocycles. The third-order valence-electron chi connectivity index (χ3n) is 10.9. The Hall–Kier alpha value is -5.03. The first kappa shape index (κ1) is 36.0. The summed E-state index contributed by atoms with van der Waals surface area (Å²) in [7, 11) is 9.30. The molecule has 4 aliphatic rings. The van der Waals surface area contributed by atoms with Crippen molar-refractivity contribution in [3.05, 3.63) is 128 Å². The lowest BCUT2D eigenvalue weighted by molar-refractivity contribution is 0.0729. The van der Waals surface area contributed by atoms with Gasteiger partial charge in [0, 0.05) is 35.2 Å². The van der Waals surface area contributed by atoms with E-state index in [2.05, 4.69) is 70.2 Å². The largest absolute Gasteiger partial charge is 0.493 e. The zero-order valence-corrected chi connectivity index (χ0v) is 32.7. The molecule has 9 rings (SSSR count). The molecule has 4 heterocycles. The Morgan fingerprint density at radius 3 is 2.11 bits per heavy atom. The lowest BCUT2D eigenvalue weighted by Crippen LogP contribution is -2.34. The minimum Gasteiger partial charge on any atom is -0.493 e. The van der Waals surface area contributed by atoms with E-state index in [9.17, 15) is 4.79 Å². The van der Waals surface area contributed by atoms with E-state index >= 15 is 0 Å². The number of likely N-dealkylation sites (N-methyl/N-ethyl adjacent to an activating group) is 2. The first-order valence-corrected chi connectivity index (χ1v) is 19.0. The molecule has 5 aromatic rings. The monoisotopic (exact) mass is 790 g/mol. The van der Waals surface area contributed by atoms with Crippen LogP contribution in [0.3, 0.4) is 0 Å². The molecule has 2 atom stereocenters. The minimum absolute atomic E-state index is 0.104. The first-order valence-electron chi connectivity index (χ1n) is 18.2. The van der Waals surface area contributed by atoms with Crippen LogP contribution in [0.4, 0.5) is 0 Å². The summed E-state index contributed by atoms with van der Waals surface area (Å²) in [6.07, 6.45) is 3.10. The molecule has 0 spiro atoms. The van der Waals surface area contributed by atoms with Crippen LogP contribution in [0.25, 0.3) is 0 Å². The molecule has 5 aromatic carbocycles. The van der Waals surface area contributed by atoms with E-state index in [1.54, 1.807) is 27.4 Å². The molecule has 4 aliphatic heterocycles. The second kappa shape index (κ2) is 15.0. The molecule has 10 heteroatoms. The molecular formula is C44H43BrN2O7. The maximum atomic E-state index is 13.4. The Morgan fingerprint density at radius 1 is 0.704 bits per heavy atom. The highest BCUT2D eigenvalue weighted by molar-refractivity contribution is 9.10. The van der Waals surface area contributed by atoms with Crippen molar-refractivity contribution in [3.63, 3.8) is 0 Å². The van der Waals surface area contributed by atoms with Crippen molar-refractivity contribution in [2.75, 3.05) is 48.5 Å². The summed E-state index contributed by atoms with van der Waals surface area (Å²) < 4.78 is 38.3. The zero-order valence-electron chi connectivity index (χ0n) is 31.1. The second-order valence-electron chi connectivity index (χ2n) is 14.1. The van der Waals surface area contributed by atoms with Crippen LogP contribution in [0, 0.1) is 0 Å². The molecule has 0 aliphatic carbocycles. The number of hydrogen-bond acceptors (Lipinski definition) is 9. The van der Waals surface area contributed by atoms with Gasteiger partial charge in [-0.05, 0) is 138 Å². The summed E-state index contributed by atoms with van der Waals surface area (Å²) in [6.45, 7) is 1.75. The number of rotatable bonds is 5. The lowest BCUT2D eigenvalue weighted by atomic mass is 9.87. The predicted molar refractivity (Wildman–Crippen MR) is 210 cm³/mol. The maximum Gasteiger partial charge on any atom is 0.344 e. The van der Waals surface area contributed by atoms with Gasteiger partial charge in [-0.3, -0.25) is 9.80 Å². The molecule has 0 unspecified atom stereocenters. The molecule has 0 N–H and O–H groups in total. The summed E-state index contributed by atoms with van der Waals surface area (Å²) >= 11 is 3.49. The fraction of sp³-hybridized carbons (Fsp3) is 0.295. The number of ether oxygens (including phenoxy) is 6. The van der Waals surface area contributed by atoms with Gasteiger partial charge in [-0.15, -0.1) is 0 Å². The molecule has 0 amide bonds. The first-order chi connectivity index (χ1) is 26.2.